The van der Waals surface area contributed by atoms with Gasteiger partial charge >= 0.3 is 0 Å². The number of rotatable bonds is 1. The first kappa shape index (κ1) is 21.1. The molecule has 2 unspecified atom stereocenters. The van der Waals surface area contributed by atoms with Gasteiger partial charge in [0.1, 0.15) is 12.4 Å². The molecule has 1 heterocycles. The highest BCUT2D eigenvalue weighted by Gasteiger charge is 2.84. The van der Waals surface area contributed by atoms with Crippen molar-refractivity contribution < 1.29 is 19.7 Å². The fourth-order valence-corrected chi connectivity index (χ4v) is 11.4. The Morgan fingerprint density at radius 2 is 1.61 bits per heavy atom. The zero-order valence-corrected chi connectivity index (χ0v) is 20.1. The zero-order chi connectivity index (χ0) is 22.2. The van der Waals surface area contributed by atoms with Crippen molar-refractivity contribution in [3.63, 3.8) is 0 Å². The van der Waals surface area contributed by atoms with Crippen LogP contribution in [0.2, 0.25) is 0 Å². The van der Waals surface area contributed by atoms with E-state index in [0.29, 0.717) is 34.5 Å². The molecule has 6 aliphatic rings. The first-order chi connectivity index (χ1) is 14.5. The molecule has 4 heteroatoms. The maximum atomic E-state index is 11.9. The van der Waals surface area contributed by atoms with Crippen LogP contribution in [0.3, 0.4) is 0 Å². The van der Waals surface area contributed by atoms with Gasteiger partial charge in [-0.15, -0.1) is 0 Å². The molecule has 5 aliphatic carbocycles. The van der Waals surface area contributed by atoms with Crippen molar-refractivity contribution in [2.75, 3.05) is 0 Å². The van der Waals surface area contributed by atoms with Gasteiger partial charge in [-0.2, -0.15) is 0 Å². The largest absolute Gasteiger partial charge is 0.393 e. The van der Waals surface area contributed by atoms with Crippen molar-refractivity contribution in [3.8, 4) is 0 Å². The van der Waals surface area contributed by atoms with Crippen LogP contribution in [0.1, 0.15) is 86.0 Å². The summed E-state index contributed by atoms with van der Waals surface area (Å²) in [5, 5.41) is 22.7. The fraction of sp³-hybridized carbons (Fsp3) is 0.963. The Morgan fingerprint density at radius 3 is 2.32 bits per heavy atom. The van der Waals surface area contributed by atoms with Crippen LogP contribution in [0.25, 0.3) is 0 Å². The fourth-order valence-electron chi connectivity index (χ4n) is 11.4. The molecule has 0 aromatic rings. The lowest BCUT2D eigenvalue weighted by Crippen LogP contribution is -2.59. The minimum atomic E-state index is -0.494. The Balaban J connectivity index is 1.41. The smallest absolute Gasteiger partial charge is 0.148 e. The van der Waals surface area contributed by atoms with Crippen molar-refractivity contribution in [1.82, 2.24) is 0 Å². The van der Waals surface area contributed by atoms with Crippen molar-refractivity contribution in [3.05, 3.63) is 0 Å². The summed E-state index contributed by atoms with van der Waals surface area (Å²) in [6.07, 6.45) is 8.65. The van der Waals surface area contributed by atoms with E-state index in [1.807, 2.05) is 0 Å². The van der Waals surface area contributed by atoms with Gasteiger partial charge in [-0.05, 0) is 96.7 Å². The van der Waals surface area contributed by atoms with Crippen LogP contribution in [-0.4, -0.2) is 40.9 Å². The summed E-state index contributed by atoms with van der Waals surface area (Å²) >= 11 is 0. The molecule has 31 heavy (non-hydrogen) atoms. The van der Waals surface area contributed by atoms with E-state index in [2.05, 4.69) is 34.6 Å². The number of fused-ring (bicyclic) bond motifs is 4. The molecule has 2 N–H and O–H groups in total. The molecule has 0 bridgehead atoms. The summed E-state index contributed by atoms with van der Waals surface area (Å²) < 4.78 is 6.29. The van der Waals surface area contributed by atoms with E-state index in [0.717, 1.165) is 38.4 Å². The number of aliphatic hydroxyl groups excluding tert-OH is 2. The minimum absolute atomic E-state index is 0.00847. The molecule has 6 fully saturated rings. The summed E-state index contributed by atoms with van der Waals surface area (Å²) in [6, 6.07) is 0. The van der Waals surface area contributed by atoms with Crippen molar-refractivity contribution in [2.45, 2.75) is 110 Å². The van der Waals surface area contributed by atoms with Crippen LogP contribution in [0.5, 0.6) is 0 Å². The van der Waals surface area contributed by atoms with E-state index in [9.17, 15) is 15.0 Å². The second kappa shape index (κ2) is 5.96. The Bertz CT molecular complexity index is 809. The topological polar surface area (TPSA) is 66.8 Å². The van der Waals surface area contributed by atoms with Crippen LogP contribution in [0, 0.1) is 50.7 Å². The quantitative estimate of drug-likeness (QED) is 0.607. The van der Waals surface area contributed by atoms with Gasteiger partial charge in [0.2, 0.25) is 0 Å². The standard InChI is InChI=1S/C27H42O4/c1-15-12-16(13-28)31-21-20(15)24(4)10-11-27-14-26(27)9-8-19(29)23(2,3)17(26)6-7-18(27)25(24,5)22(21)30/h13,15-22,29-30H,6-12,14H2,1-5H3/t15-,16-,17?,18?,19+,20+,21+,22+,24-,25-,26-,27+/m1/s1. The summed E-state index contributed by atoms with van der Waals surface area (Å²) in [6.45, 7) is 11.7. The molecule has 12 atom stereocenters. The van der Waals surface area contributed by atoms with Gasteiger partial charge in [0.05, 0.1) is 18.3 Å². The van der Waals surface area contributed by atoms with Gasteiger partial charge in [-0.1, -0.05) is 34.6 Å². The van der Waals surface area contributed by atoms with Gasteiger partial charge < -0.3 is 19.7 Å². The molecule has 2 spiro atoms. The molecule has 5 saturated carbocycles. The molecule has 174 valence electrons. The molecule has 0 aromatic heterocycles. The predicted molar refractivity (Wildman–Crippen MR) is 118 cm³/mol. The van der Waals surface area contributed by atoms with Crippen LogP contribution in [-0.2, 0) is 9.53 Å². The van der Waals surface area contributed by atoms with E-state index in [1.165, 1.54) is 19.3 Å². The van der Waals surface area contributed by atoms with Crippen LogP contribution >= 0.6 is 0 Å². The van der Waals surface area contributed by atoms with Crippen LogP contribution in [0.4, 0.5) is 0 Å². The molecule has 6 rings (SSSR count). The Labute approximate surface area is 187 Å². The van der Waals surface area contributed by atoms with E-state index < -0.39 is 6.10 Å². The van der Waals surface area contributed by atoms with Gasteiger partial charge in [0.25, 0.3) is 0 Å². The Kier molecular flexibility index (Phi) is 4.06. The molecular formula is C27H42O4. The van der Waals surface area contributed by atoms with E-state index >= 15 is 0 Å². The lowest BCUT2D eigenvalue weighted by atomic mass is 9.41. The van der Waals surface area contributed by atoms with Crippen LogP contribution < -0.4 is 0 Å². The molecular weight excluding hydrogens is 388 g/mol. The molecule has 0 aromatic carbocycles. The molecule has 0 radical (unpaired) electrons. The normalized spacial score (nSPS) is 63.7. The third-order valence-corrected chi connectivity index (χ3v) is 13.0. The highest BCUT2D eigenvalue weighted by atomic mass is 16.5. The second-order valence-corrected chi connectivity index (χ2v) is 13.7. The SMILES string of the molecule is C[C@@H]1C[C@H](C=O)O[C@H]2[C@H]1[C@@]1(C)CC[C@@]34C[C@@]35CC[C@H](O)C(C)(C)C5CCC4[C@]1(C)[C@H]2O. The first-order valence-electron chi connectivity index (χ1n) is 13.0. The Hall–Kier alpha value is -0.450. The van der Waals surface area contributed by atoms with Crippen molar-refractivity contribution in [2.24, 2.45) is 50.7 Å². The average molecular weight is 431 g/mol. The van der Waals surface area contributed by atoms with Gasteiger partial charge in [0.15, 0.2) is 0 Å². The molecule has 0 amide bonds. The van der Waals surface area contributed by atoms with Gasteiger partial charge in [-0.3, -0.25) is 0 Å². The third kappa shape index (κ3) is 2.09. The van der Waals surface area contributed by atoms with Crippen molar-refractivity contribution >= 4 is 6.29 Å². The van der Waals surface area contributed by atoms with Gasteiger partial charge in [-0.25, -0.2) is 0 Å². The summed E-state index contributed by atoms with van der Waals surface area (Å²) in [7, 11) is 0. The third-order valence-electron chi connectivity index (χ3n) is 13.0. The number of ether oxygens (including phenoxy) is 1. The summed E-state index contributed by atoms with van der Waals surface area (Å²) in [5.41, 5.74) is 0.588. The lowest BCUT2D eigenvalue weighted by Gasteiger charge is -2.63. The molecule has 1 aliphatic heterocycles. The molecule has 4 nitrogen and oxygen atoms in total. The number of aliphatic hydroxyl groups is 2. The van der Waals surface area contributed by atoms with E-state index in [-0.39, 0.29) is 34.6 Å². The lowest BCUT2D eigenvalue weighted by molar-refractivity contribution is -0.182. The van der Waals surface area contributed by atoms with E-state index in [1.54, 1.807) is 0 Å². The van der Waals surface area contributed by atoms with Crippen LogP contribution in [0.15, 0.2) is 0 Å². The number of hydrogen-bond donors (Lipinski definition) is 2. The molecule has 1 saturated heterocycles. The highest BCUT2D eigenvalue weighted by Crippen LogP contribution is 2.89. The zero-order valence-electron chi connectivity index (χ0n) is 20.1. The highest BCUT2D eigenvalue weighted by molar-refractivity contribution is 5.56. The summed E-state index contributed by atoms with van der Waals surface area (Å²) in [5.74, 6) is 1.85. The number of aldehydes is 1. The van der Waals surface area contributed by atoms with Crippen molar-refractivity contribution in [1.29, 1.82) is 0 Å². The second-order valence-electron chi connectivity index (χ2n) is 13.7. The number of carbonyl (C=O) groups is 1. The maximum Gasteiger partial charge on any atom is 0.148 e. The average Bonchev–Trinajstić information content (AvgIpc) is 3.36. The van der Waals surface area contributed by atoms with Gasteiger partial charge in [0, 0.05) is 5.41 Å². The minimum Gasteiger partial charge on any atom is -0.393 e. The number of carbonyl (C=O) groups excluding carboxylic acids is 1. The Morgan fingerprint density at radius 1 is 0.935 bits per heavy atom. The first-order valence-corrected chi connectivity index (χ1v) is 13.0. The monoisotopic (exact) mass is 430 g/mol. The summed E-state index contributed by atoms with van der Waals surface area (Å²) in [4.78, 5) is 11.6. The van der Waals surface area contributed by atoms with E-state index in [4.69, 9.17) is 4.74 Å². The number of hydrogen-bond acceptors (Lipinski definition) is 4. The maximum absolute atomic E-state index is 11.9. The predicted octanol–water partition coefficient (Wildman–Crippen LogP) is 4.36.